The Bertz CT molecular complexity index is 891. The number of benzene rings is 2. The second kappa shape index (κ2) is 10.5. The number of nitriles is 1. The van der Waals surface area contributed by atoms with Crippen molar-refractivity contribution in [1.82, 2.24) is 10.6 Å². The zero-order chi connectivity index (χ0) is 21.2. The number of urea groups is 1. The van der Waals surface area contributed by atoms with Gasteiger partial charge in [0.25, 0.3) is 5.91 Å². The lowest BCUT2D eigenvalue weighted by Crippen LogP contribution is -2.45. The number of amides is 3. The third-order valence-corrected chi connectivity index (χ3v) is 3.82. The lowest BCUT2D eigenvalue weighted by molar-refractivity contribution is -0.160. The fourth-order valence-corrected chi connectivity index (χ4v) is 2.22. The SMILES string of the molecule is CC(OC(=O)C(C)Oc1ccc(C#N)cc1)C(=O)NC(=O)NCc1ccccc1. The van der Waals surface area contributed by atoms with Gasteiger partial charge in [0, 0.05) is 6.54 Å². The molecule has 0 spiro atoms. The van der Waals surface area contributed by atoms with Crippen molar-refractivity contribution in [3.63, 3.8) is 0 Å². The zero-order valence-corrected chi connectivity index (χ0v) is 16.0. The number of nitrogens with zero attached hydrogens (tertiary/aromatic N) is 1. The van der Waals surface area contributed by atoms with Gasteiger partial charge in [0.2, 0.25) is 0 Å². The molecule has 0 bridgehead atoms. The molecule has 150 valence electrons. The van der Waals surface area contributed by atoms with Crippen LogP contribution in [0.1, 0.15) is 25.0 Å². The van der Waals surface area contributed by atoms with Gasteiger partial charge in [-0.05, 0) is 43.7 Å². The van der Waals surface area contributed by atoms with E-state index >= 15 is 0 Å². The first-order chi connectivity index (χ1) is 13.9. The van der Waals surface area contributed by atoms with Crippen LogP contribution in [0, 0.1) is 11.3 Å². The largest absolute Gasteiger partial charge is 0.479 e. The van der Waals surface area contributed by atoms with Crippen molar-refractivity contribution in [1.29, 1.82) is 5.26 Å². The Morgan fingerprint density at radius 1 is 1.00 bits per heavy atom. The van der Waals surface area contributed by atoms with Crippen LogP contribution in [-0.2, 0) is 20.9 Å². The lowest BCUT2D eigenvalue weighted by Gasteiger charge is -2.17. The van der Waals surface area contributed by atoms with Crippen molar-refractivity contribution in [2.24, 2.45) is 0 Å². The van der Waals surface area contributed by atoms with Gasteiger partial charge in [-0.15, -0.1) is 0 Å². The lowest BCUT2D eigenvalue weighted by atomic mass is 10.2. The summed E-state index contributed by atoms with van der Waals surface area (Å²) in [6.07, 6.45) is -2.16. The zero-order valence-electron chi connectivity index (χ0n) is 16.0. The normalized spacial score (nSPS) is 12.0. The van der Waals surface area contributed by atoms with Crippen LogP contribution in [-0.4, -0.2) is 30.1 Å². The molecule has 2 N–H and O–H groups in total. The highest BCUT2D eigenvalue weighted by Crippen LogP contribution is 2.14. The molecule has 2 aromatic rings. The molecule has 8 nitrogen and oxygen atoms in total. The number of hydrogen-bond acceptors (Lipinski definition) is 6. The van der Waals surface area contributed by atoms with Gasteiger partial charge in [0.15, 0.2) is 12.2 Å². The quantitative estimate of drug-likeness (QED) is 0.695. The van der Waals surface area contributed by atoms with Crippen LogP contribution < -0.4 is 15.4 Å². The van der Waals surface area contributed by atoms with E-state index in [1.165, 1.54) is 13.8 Å². The number of ether oxygens (including phenoxy) is 2. The predicted octanol–water partition coefficient (Wildman–Crippen LogP) is 2.28. The maximum atomic E-state index is 12.1. The molecule has 0 aliphatic rings. The van der Waals surface area contributed by atoms with E-state index in [1.54, 1.807) is 24.3 Å². The third-order valence-electron chi connectivity index (χ3n) is 3.82. The number of nitrogens with one attached hydrogen (secondary N) is 2. The van der Waals surface area contributed by atoms with Crippen molar-refractivity contribution in [2.75, 3.05) is 0 Å². The van der Waals surface area contributed by atoms with E-state index < -0.39 is 30.1 Å². The number of esters is 1. The summed E-state index contributed by atoms with van der Waals surface area (Å²) in [6.45, 7) is 3.08. The summed E-state index contributed by atoms with van der Waals surface area (Å²) in [5.41, 5.74) is 1.34. The summed E-state index contributed by atoms with van der Waals surface area (Å²) in [5.74, 6) is -1.14. The van der Waals surface area contributed by atoms with Crippen molar-refractivity contribution in [2.45, 2.75) is 32.6 Å². The molecule has 3 amide bonds. The highest BCUT2D eigenvalue weighted by Gasteiger charge is 2.24. The fourth-order valence-electron chi connectivity index (χ4n) is 2.22. The molecule has 0 fully saturated rings. The van der Waals surface area contributed by atoms with E-state index in [0.717, 1.165) is 5.56 Å². The Kier molecular flexibility index (Phi) is 7.74. The second-order valence-electron chi connectivity index (χ2n) is 6.13. The number of hydrogen-bond donors (Lipinski definition) is 2. The highest BCUT2D eigenvalue weighted by molar-refractivity contribution is 5.97. The Hall–Kier alpha value is -3.86. The average molecular weight is 395 g/mol. The van der Waals surface area contributed by atoms with Crippen molar-refractivity contribution >= 4 is 17.9 Å². The molecule has 0 aliphatic heterocycles. The van der Waals surface area contributed by atoms with Gasteiger partial charge < -0.3 is 14.8 Å². The molecule has 0 aromatic heterocycles. The van der Waals surface area contributed by atoms with Crippen LogP contribution >= 0.6 is 0 Å². The molecule has 2 unspecified atom stereocenters. The summed E-state index contributed by atoms with van der Waals surface area (Å²) in [5, 5.41) is 13.4. The molecule has 8 heteroatoms. The Morgan fingerprint density at radius 3 is 2.28 bits per heavy atom. The Morgan fingerprint density at radius 2 is 1.66 bits per heavy atom. The van der Waals surface area contributed by atoms with Crippen LogP contribution in [0.5, 0.6) is 5.75 Å². The first-order valence-electron chi connectivity index (χ1n) is 8.89. The summed E-state index contributed by atoms with van der Waals surface area (Å²) in [4.78, 5) is 35.9. The molecule has 2 rings (SSSR count). The first kappa shape index (κ1) is 21.4. The van der Waals surface area contributed by atoms with Gasteiger partial charge in [0.05, 0.1) is 11.6 Å². The topological polar surface area (TPSA) is 118 Å². The minimum Gasteiger partial charge on any atom is -0.479 e. The summed E-state index contributed by atoms with van der Waals surface area (Å²) >= 11 is 0. The molecule has 2 aromatic carbocycles. The number of carbonyl (C=O) groups excluding carboxylic acids is 3. The number of carbonyl (C=O) groups is 3. The van der Waals surface area contributed by atoms with E-state index in [1.807, 2.05) is 36.4 Å². The summed E-state index contributed by atoms with van der Waals surface area (Å²) in [7, 11) is 0. The number of rotatable bonds is 7. The molecule has 2 atom stereocenters. The smallest absolute Gasteiger partial charge is 0.347 e. The Labute approximate surface area is 168 Å². The van der Waals surface area contributed by atoms with E-state index in [-0.39, 0.29) is 6.54 Å². The van der Waals surface area contributed by atoms with Gasteiger partial charge in [-0.3, -0.25) is 10.1 Å². The van der Waals surface area contributed by atoms with Gasteiger partial charge in [-0.1, -0.05) is 30.3 Å². The molecular formula is C21H21N3O5. The van der Waals surface area contributed by atoms with E-state index in [2.05, 4.69) is 10.6 Å². The Balaban J connectivity index is 1.77. The van der Waals surface area contributed by atoms with Gasteiger partial charge in [-0.2, -0.15) is 5.26 Å². The maximum Gasteiger partial charge on any atom is 0.347 e. The second-order valence-corrected chi connectivity index (χ2v) is 6.13. The average Bonchev–Trinajstić information content (AvgIpc) is 2.73. The predicted molar refractivity (Wildman–Crippen MR) is 104 cm³/mol. The van der Waals surface area contributed by atoms with Crippen LogP contribution in [0.4, 0.5) is 4.79 Å². The molecule has 0 heterocycles. The van der Waals surface area contributed by atoms with Crippen LogP contribution in [0.15, 0.2) is 54.6 Å². The van der Waals surface area contributed by atoms with Crippen LogP contribution in [0.25, 0.3) is 0 Å². The van der Waals surface area contributed by atoms with E-state index in [0.29, 0.717) is 11.3 Å². The van der Waals surface area contributed by atoms with Gasteiger partial charge in [0.1, 0.15) is 5.75 Å². The van der Waals surface area contributed by atoms with Gasteiger partial charge in [-0.25, -0.2) is 9.59 Å². The minimum absolute atomic E-state index is 0.254. The number of imide groups is 1. The standard InChI is InChI=1S/C21H21N3O5/c1-14(19(25)24-21(27)23-13-17-6-4-3-5-7-17)29-20(26)15(2)28-18-10-8-16(12-22)9-11-18/h3-11,14-15H,13H2,1-2H3,(H2,23,24,25,27). The monoisotopic (exact) mass is 395 g/mol. The van der Waals surface area contributed by atoms with Crippen LogP contribution in [0.2, 0.25) is 0 Å². The van der Waals surface area contributed by atoms with E-state index in [4.69, 9.17) is 14.7 Å². The molecule has 0 saturated carbocycles. The molecule has 0 radical (unpaired) electrons. The van der Waals surface area contributed by atoms with Crippen LogP contribution in [0.3, 0.4) is 0 Å². The van der Waals surface area contributed by atoms with Gasteiger partial charge >= 0.3 is 12.0 Å². The van der Waals surface area contributed by atoms with E-state index in [9.17, 15) is 14.4 Å². The summed E-state index contributed by atoms with van der Waals surface area (Å²) in [6, 6.07) is 16.7. The van der Waals surface area contributed by atoms with Crippen molar-refractivity contribution in [3.05, 3.63) is 65.7 Å². The summed E-state index contributed by atoms with van der Waals surface area (Å²) < 4.78 is 10.5. The molecule has 0 saturated heterocycles. The fraction of sp³-hybridized carbons (Fsp3) is 0.238. The maximum absolute atomic E-state index is 12.1. The minimum atomic E-state index is -1.18. The third kappa shape index (κ3) is 6.99. The molecule has 29 heavy (non-hydrogen) atoms. The highest BCUT2D eigenvalue weighted by atomic mass is 16.6. The van der Waals surface area contributed by atoms with Crippen molar-refractivity contribution in [3.8, 4) is 11.8 Å². The van der Waals surface area contributed by atoms with Crippen molar-refractivity contribution < 1.29 is 23.9 Å². The first-order valence-corrected chi connectivity index (χ1v) is 8.89. The molecular weight excluding hydrogens is 374 g/mol. The molecule has 0 aliphatic carbocycles.